The van der Waals surface area contributed by atoms with Gasteiger partial charge in [0.05, 0.1) is 6.61 Å². The molecule has 4 N–H and O–H groups in total. The Morgan fingerprint density at radius 2 is 2.08 bits per heavy atom. The summed E-state index contributed by atoms with van der Waals surface area (Å²) in [4.78, 5) is 11.1. The lowest BCUT2D eigenvalue weighted by molar-refractivity contribution is -0.124. The number of aliphatic hydroxyl groups excluding tert-OH is 1. The molecule has 1 amide bonds. The average Bonchev–Trinajstić information content (AvgIpc) is 2.14. The van der Waals surface area contributed by atoms with Crippen LogP contribution in [0.15, 0.2) is 0 Å². The third-order valence-electron chi connectivity index (χ3n) is 1.96. The second-order valence-electron chi connectivity index (χ2n) is 3.13. The van der Waals surface area contributed by atoms with Gasteiger partial charge in [0.25, 0.3) is 0 Å². The summed E-state index contributed by atoms with van der Waals surface area (Å²) in [7, 11) is 0. The van der Waals surface area contributed by atoms with E-state index in [4.69, 9.17) is 10.9 Å². The highest BCUT2D eigenvalue weighted by Crippen LogP contribution is 2.23. The fourth-order valence-corrected chi connectivity index (χ4v) is 2.05. The standard InChI is InChI=1S/C8H18N2O2S/c1-5(4-11)13-7(3)6(2)8(12)10-9/h5-7,11H,4,9H2,1-3H3,(H,10,12). The number of carbonyl (C=O) groups is 1. The average molecular weight is 206 g/mol. The molecule has 13 heavy (non-hydrogen) atoms. The monoisotopic (exact) mass is 206 g/mol. The van der Waals surface area contributed by atoms with Crippen LogP contribution in [0.4, 0.5) is 0 Å². The molecule has 0 aromatic carbocycles. The molecule has 0 fully saturated rings. The predicted molar refractivity (Wildman–Crippen MR) is 55.1 cm³/mol. The topological polar surface area (TPSA) is 75.3 Å². The van der Waals surface area contributed by atoms with Crippen LogP contribution in [0.5, 0.6) is 0 Å². The smallest absolute Gasteiger partial charge is 0.237 e. The van der Waals surface area contributed by atoms with Crippen molar-refractivity contribution in [2.45, 2.75) is 31.3 Å². The number of thioether (sulfide) groups is 1. The molecular formula is C8H18N2O2S. The van der Waals surface area contributed by atoms with Gasteiger partial charge in [-0.3, -0.25) is 10.2 Å². The van der Waals surface area contributed by atoms with E-state index in [-0.39, 0.29) is 28.9 Å². The first kappa shape index (κ1) is 12.7. The first-order valence-corrected chi connectivity index (χ1v) is 5.24. The van der Waals surface area contributed by atoms with Crippen LogP contribution in [-0.4, -0.2) is 28.1 Å². The summed E-state index contributed by atoms with van der Waals surface area (Å²) in [5.41, 5.74) is 2.12. The number of aliphatic hydroxyl groups is 1. The van der Waals surface area contributed by atoms with Crippen molar-refractivity contribution < 1.29 is 9.90 Å². The molecule has 0 aromatic heterocycles. The third kappa shape index (κ3) is 4.50. The van der Waals surface area contributed by atoms with Gasteiger partial charge >= 0.3 is 0 Å². The Hall–Kier alpha value is -0.260. The molecule has 0 radical (unpaired) electrons. The van der Waals surface area contributed by atoms with E-state index in [1.54, 1.807) is 11.8 Å². The Bertz CT molecular complexity index is 166. The SMILES string of the molecule is CC(CO)SC(C)C(C)C(=O)NN. The minimum absolute atomic E-state index is 0.131. The van der Waals surface area contributed by atoms with Gasteiger partial charge in [-0.15, -0.1) is 0 Å². The van der Waals surface area contributed by atoms with E-state index in [0.29, 0.717) is 0 Å². The number of hydrogen-bond acceptors (Lipinski definition) is 4. The molecule has 0 aromatic rings. The number of hydrazine groups is 1. The molecule has 0 saturated heterocycles. The molecule has 78 valence electrons. The van der Waals surface area contributed by atoms with Crippen LogP contribution in [-0.2, 0) is 4.79 Å². The summed E-state index contributed by atoms with van der Waals surface area (Å²) in [6.07, 6.45) is 0. The zero-order valence-electron chi connectivity index (χ0n) is 8.28. The quantitative estimate of drug-likeness (QED) is 0.339. The molecule has 3 unspecified atom stereocenters. The predicted octanol–water partition coefficient (Wildman–Crippen LogP) is 0.115. The number of nitrogens with one attached hydrogen (secondary N) is 1. The van der Waals surface area contributed by atoms with Gasteiger partial charge in [-0.1, -0.05) is 20.8 Å². The maximum atomic E-state index is 11.1. The van der Waals surface area contributed by atoms with Gasteiger partial charge in [-0.05, 0) is 0 Å². The summed E-state index contributed by atoms with van der Waals surface area (Å²) in [5.74, 6) is 4.72. The van der Waals surface area contributed by atoms with Crippen molar-refractivity contribution in [2.24, 2.45) is 11.8 Å². The highest BCUT2D eigenvalue weighted by atomic mass is 32.2. The van der Waals surface area contributed by atoms with Crippen LogP contribution in [0.25, 0.3) is 0 Å². The van der Waals surface area contributed by atoms with E-state index >= 15 is 0 Å². The first-order valence-electron chi connectivity index (χ1n) is 4.29. The largest absolute Gasteiger partial charge is 0.395 e. The van der Waals surface area contributed by atoms with Gasteiger partial charge in [0.1, 0.15) is 0 Å². The second-order valence-corrected chi connectivity index (χ2v) is 4.95. The van der Waals surface area contributed by atoms with Crippen molar-refractivity contribution in [3.8, 4) is 0 Å². The van der Waals surface area contributed by atoms with Crippen molar-refractivity contribution in [1.29, 1.82) is 0 Å². The highest BCUT2D eigenvalue weighted by molar-refractivity contribution is 8.00. The van der Waals surface area contributed by atoms with Crippen LogP contribution in [0.1, 0.15) is 20.8 Å². The van der Waals surface area contributed by atoms with Crippen molar-refractivity contribution in [1.82, 2.24) is 5.43 Å². The summed E-state index contributed by atoms with van der Waals surface area (Å²) < 4.78 is 0. The molecule has 5 heteroatoms. The fraction of sp³-hybridized carbons (Fsp3) is 0.875. The van der Waals surface area contributed by atoms with Crippen LogP contribution in [0.2, 0.25) is 0 Å². The van der Waals surface area contributed by atoms with Crippen LogP contribution < -0.4 is 11.3 Å². The van der Waals surface area contributed by atoms with Gasteiger partial charge in [0.15, 0.2) is 0 Å². The summed E-state index contributed by atoms with van der Waals surface area (Å²) in [6, 6.07) is 0. The number of carbonyl (C=O) groups excluding carboxylic acids is 1. The Morgan fingerprint density at radius 1 is 1.54 bits per heavy atom. The van der Waals surface area contributed by atoms with Crippen LogP contribution in [0, 0.1) is 5.92 Å². The van der Waals surface area contributed by atoms with E-state index < -0.39 is 0 Å². The molecule has 0 heterocycles. The Labute approximate surface area is 83.2 Å². The molecular weight excluding hydrogens is 188 g/mol. The van der Waals surface area contributed by atoms with Crippen molar-refractivity contribution in [3.05, 3.63) is 0 Å². The number of hydrogen-bond donors (Lipinski definition) is 3. The van der Waals surface area contributed by atoms with E-state index in [1.165, 1.54) is 0 Å². The van der Waals surface area contributed by atoms with E-state index in [2.05, 4.69) is 5.43 Å². The van der Waals surface area contributed by atoms with Crippen molar-refractivity contribution in [3.63, 3.8) is 0 Å². The van der Waals surface area contributed by atoms with Gasteiger partial charge in [0.2, 0.25) is 5.91 Å². The van der Waals surface area contributed by atoms with Gasteiger partial charge in [0, 0.05) is 16.4 Å². The zero-order chi connectivity index (χ0) is 10.4. The van der Waals surface area contributed by atoms with Gasteiger partial charge in [-0.2, -0.15) is 11.8 Å². The number of rotatable bonds is 5. The molecule has 3 atom stereocenters. The number of amides is 1. The van der Waals surface area contributed by atoms with Gasteiger partial charge < -0.3 is 5.11 Å². The van der Waals surface area contributed by atoms with Crippen molar-refractivity contribution in [2.75, 3.05) is 6.61 Å². The normalized spacial score (nSPS) is 17.6. The minimum Gasteiger partial charge on any atom is -0.395 e. The van der Waals surface area contributed by atoms with Gasteiger partial charge in [-0.25, -0.2) is 5.84 Å². The zero-order valence-corrected chi connectivity index (χ0v) is 9.10. The molecule has 0 rings (SSSR count). The van der Waals surface area contributed by atoms with Crippen LogP contribution >= 0.6 is 11.8 Å². The lowest BCUT2D eigenvalue weighted by Gasteiger charge is -2.20. The molecule has 4 nitrogen and oxygen atoms in total. The molecule has 0 aliphatic carbocycles. The minimum atomic E-state index is -0.162. The summed E-state index contributed by atoms with van der Waals surface area (Å²) in [6.45, 7) is 5.83. The molecule has 0 bridgehead atoms. The van der Waals surface area contributed by atoms with E-state index in [9.17, 15) is 4.79 Å². The lowest BCUT2D eigenvalue weighted by atomic mass is 10.1. The number of nitrogens with two attached hydrogens (primary N) is 1. The molecule has 0 aliphatic heterocycles. The molecule has 0 spiro atoms. The maximum absolute atomic E-state index is 11.1. The fourth-order valence-electron chi connectivity index (χ4n) is 0.872. The van der Waals surface area contributed by atoms with E-state index in [1.807, 2.05) is 20.8 Å². The van der Waals surface area contributed by atoms with Crippen molar-refractivity contribution >= 4 is 17.7 Å². The van der Waals surface area contributed by atoms with Crippen LogP contribution in [0.3, 0.4) is 0 Å². The molecule has 0 saturated carbocycles. The Kier molecular flexibility index (Phi) is 6.11. The Balaban J connectivity index is 3.95. The Morgan fingerprint density at radius 3 is 2.46 bits per heavy atom. The first-order chi connectivity index (χ1) is 6.02. The van der Waals surface area contributed by atoms with E-state index in [0.717, 1.165) is 0 Å². The highest BCUT2D eigenvalue weighted by Gasteiger charge is 2.21. The third-order valence-corrected chi connectivity index (χ3v) is 3.42. The molecule has 0 aliphatic rings. The second kappa shape index (κ2) is 6.23. The maximum Gasteiger partial charge on any atom is 0.237 e. The summed E-state index contributed by atoms with van der Waals surface area (Å²) >= 11 is 1.58. The lowest BCUT2D eigenvalue weighted by Crippen LogP contribution is -2.38. The summed E-state index contributed by atoms with van der Waals surface area (Å²) in [5, 5.41) is 9.13.